The van der Waals surface area contributed by atoms with Gasteiger partial charge in [0.2, 0.25) is 0 Å². The van der Waals surface area contributed by atoms with Gasteiger partial charge in [-0.2, -0.15) is 13.2 Å². The van der Waals surface area contributed by atoms with Crippen molar-refractivity contribution in [2.24, 2.45) is 4.99 Å². The summed E-state index contributed by atoms with van der Waals surface area (Å²) in [4.78, 5) is 9.95. The smallest absolute Gasteiger partial charge is 0.356 e. The average Bonchev–Trinajstić information content (AvgIpc) is 2.99. The number of nitrogens with one attached hydrogen (secondary N) is 2. The highest BCUT2D eigenvalue weighted by Crippen LogP contribution is 2.29. The highest BCUT2D eigenvalue weighted by Gasteiger charge is 2.33. The minimum atomic E-state index is -4.39. The summed E-state index contributed by atoms with van der Waals surface area (Å²) in [7, 11) is 1.63. The zero-order valence-electron chi connectivity index (χ0n) is 13.7. The molecule has 0 amide bonds. The summed E-state index contributed by atoms with van der Waals surface area (Å²) < 4.78 is 37.4. The minimum Gasteiger partial charge on any atom is -0.356 e. The number of thiazole rings is 1. The summed E-state index contributed by atoms with van der Waals surface area (Å²) in [5.41, 5.74) is -0.846. The van der Waals surface area contributed by atoms with Crippen LogP contribution in [0.4, 0.5) is 13.2 Å². The van der Waals surface area contributed by atoms with Gasteiger partial charge in [0.25, 0.3) is 0 Å². The van der Waals surface area contributed by atoms with Crippen molar-refractivity contribution in [1.82, 2.24) is 20.5 Å². The van der Waals surface area contributed by atoms with Crippen LogP contribution in [0.5, 0.6) is 0 Å². The van der Waals surface area contributed by atoms with E-state index in [0.717, 1.165) is 49.3 Å². The molecule has 0 aliphatic rings. The Labute approximate surface area is 139 Å². The zero-order chi connectivity index (χ0) is 17.3. The lowest BCUT2D eigenvalue weighted by atomic mass is 10.3. The number of nitrogens with zero attached hydrogens (tertiary/aromatic N) is 3. The molecule has 1 aromatic heterocycles. The first-order valence-corrected chi connectivity index (χ1v) is 8.47. The molecule has 1 aromatic rings. The molecule has 0 atom stereocenters. The van der Waals surface area contributed by atoms with E-state index < -0.39 is 11.9 Å². The first-order chi connectivity index (χ1) is 10.9. The molecule has 132 valence electrons. The van der Waals surface area contributed by atoms with Crippen molar-refractivity contribution in [1.29, 1.82) is 0 Å². The molecule has 23 heavy (non-hydrogen) atoms. The van der Waals surface area contributed by atoms with Gasteiger partial charge in [0.15, 0.2) is 11.7 Å². The van der Waals surface area contributed by atoms with E-state index in [9.17, 15) is 13.2 Å². The van der Waals surface area contributed by atoms with Gasteiger partial charge in [0, 0.05) is 19.0 Å². The molecule has 0 saturated carbocycles. The Morgan fingerprint density at radius 1 is 1.30 bits per heavy atom. The summed E-state index contributed by atoms with van der Waals surface area (Å²) in [5, 5.41) is 7.52. The van der Waals surface area contributed by atoms with Crippen molar-refractivity contribution in [3.05, 3.63) is 16.1 Å². The Kier molecular flexibility index (Phi) is 8.32. The van der Waals surface area contributed by atoms with Gasteiger partial charge in [-0.15, -0.1) is 11.3 Å². The van der Waals surface area contributed by atoms with Gasteiger partial charge in [-0.05, 0) is 26.1 Å². The molecule has 0 unspecified atom stereocenters. The summed E-state index contributed by atoms with van der Waals surface area (Å²) in [6.45, 7) is 8.27. The topological polar surface area (TPSA) is 52.5 Å². The van der Waals surface area contributed by atoms with Crippen LogP contribution >= 0.6 is 11.3 Å². The van der Waals surface area contributed by atoms with Crippen LogP contribution in [-0.4, -0.2) is 49.1 Å². The van der Waals surface area contributed by atoms with Crippen molar-refractivity contribution in [2.45, 2.75) is 33.0 Å². The monoisotopic (exact) mass is 351 g/mol. The van der Waals surface area contributed by atoms with Gasteiger partial charge < -0.3 is 15.5 Å². The highest BCUT2D eigenvalue weighted by atomic mass is 32.1. The lowest BCUT2D eigenvalue weighted by Gasteiger charge is -2.18. The molecule has 1 heterocycles. The van der Waals surface area contributed by atoms with Crippen molar-refractivity contribution >= 4 is 17.3 Å². The number of guanidine groups is 1. The predicted octanol–water partition coefficient (Wildman–Crippen LogP) is 2.56. The Balaban J connectivity index is 2.33. The van der Waals surface area contributed by atoms with Crippen LogP contribution in [0, 0.1) is 0 Å². The molecule has 0 aliphatic heterocycles. The predicted molar refractivity (Wildman–Crippen MR) is 87.7 cm³/mol. The van der Waals surface area contributed by atoms with E-state index in [-0.39, 0.29) is 6.54 Å². The van der Waals surface area contributed by atoms with Crippen LogP contribution in [0.1, 0.15) is 31.0 Å². The number of alkyl halides is 3. The van der Waals surface area contributed by atoms with Gasteiger partial charge >= 0.3 is 6.18 Å². The third-order valence-corrected chi connectivity index (χ3v) is 4.16. The Hall–Kier alpha value is -1.35. The number of hydrogen-bond acceptors (Lipinski definition) is 4. The van der Waals surface area contributed by atoms with E-state index in [1.807, 2.05) is 0 Å². The molecular weight excluding hydrogens is 327 g/mol. The van der Waals surface area contributed by atoms with E-state index in [4.69, 9.17) is 0 Å². The summed E-state index contributed by atoms with van der Waals surface area (Å²) in [5.74, 6) is 0.563. The second-order valence-electron chi connectivity index (χ2n) is 4.86. The molecule has 2 N–H and O–H groups in total. The molecule has 5 nitrogen and oxygen atoms in total. The minimum absolute atomic E-state index is 0.219. The van der Waals surface area contributed by atoms with Crippen molar-refractivity contribution in [2.75, 3.05) is 33.2 Å². The third-order valence-electron chi connectivity index (χ3n) is 3.31. The first kappa shape index (κ1) is 19.7. The lowest BCUT2D eigenvalue weighted by molar-refractivity contribution is -0.140. The van der Waals surface area contributed by atoms with E-state index >= 15 is 0 Å². The quantitative estimate of drug-likeness (QED) is 0.429. The maximum Gasteiger partial charge on any atom is 0.434 e. The molecule has 9 heteroatoms. The summed E-state index contributed by atoms with van der Waals surface area (Å²) in [6, 6.07) is 0. The maximum absolute atomic E-state index is 12.5. The molecule has 0 radical (unpaired) electrons. The van der Waals surface area contributed by atoms with E-state index in [0.29, 0.717) is 11.0 Å². The standard InChI is InChI=1S/C14H24F3N5S/c1-4-22(5-2)8-6-7-19-13(18-3)20-9-12-21-11(10-23-12)14(15,16)17/h10H,4-9H2,1-3H3,(H2,18,19,20). The van der Waals surface area contributed by atoms with Crippen LogP contribution in [0.25, 0.3) is 0 Å². The molecular formula is C14H24F3N5S. The maximum atomic E-state index is 12.5. The number of halogens is 3. The van der Waals surface area contributed by atoms with Crippen molar-refractivity contribution < 1.29 is 13.2 Å². The van der Waals surface area contributed by atoms with Crippen molar-refractivity contribution in [3.63, 3.8) is 0 Å². The van der Waals surface area contributed by atoms with Gasteiger partial charge in [-0.1, -0.05) is 13.8 Å². The molecule has 0 spiro atoms. The van der Waals surface area contributed by atoms with Crippen molar-refractivity contribution in [3.8, 4) is 0 Å². The lowest BCUT2D eigenvalue weighted by Crippen LogP contribution is -2.38. The van der Waals surface area contributed by atoms with Crippen LogP contribution in [-0.2, 0) is 12.7 Å². The fraction of sp³-hybridized carbons (Fsp3) is 0.714. The van der Waals surface area contributed by atoms with Gasteiger partial charge in [0.1, 0.15) is 5.01 Å². The molecule has 0 aliphatic carbocycles. The summed E-state index contributed by atoms with van der Waals surface area (Å²) in [6.07, 6.45) is -3.42. The molecule has 0 saturated heterocycles. The Morgan fingerprint density at radius 2 is 2.00 bits per heavy atom. The molecule has 0 fully saturated rings. The Morgan fingerprint density at radius 3 is 2.52 bits per heavy atom. The number of hydrogen-bond donors (Lipinski definition) is 2. The zero-order valence-corrected chi connectivity index (χ0v) is 14.5. The summed E-state index contributed by atoms with van der Waals surface area (Å²) >= 11 is 0.984. The van der Waals surface area contributed by atoms with Crippen LogP contribution in [0.2, 0.25) is 0 Å². The molecule has 0 bridgehead atoms. The van der Waals surface area contributed by atoms with Gasteiger partial charge in [-0.3, -0.25) is 4.99 Å². The van der Waals surface area contributed by atoms with Crippen LogP contribution in [0.3, 0.4) is 0 Å². The molecule has 0 aromatic carbocycles. The number of aliphatic imine (C=N–C) groups is 1. The number of rotatable bonds is 8. The highest BCUT2D eigenvalue weighted by molar-refractivity contribution is 7.09. The van der Waals surface area contributed by atoms with Crippen LogP contribution < -0.4 is 10.6 Å². The van der Waals surface area contributed by atoms with Gasteiger partial charge in [0.05, 0.1) is 6.54 Å². The second-order valence-corrected chi connectivity index (χ2v) is 5.80. The number of aromatic nitrogens is 1. The fourth-order valence-corrected chi connectivity index (χ4v) is 2.69. The van der Waals surface area contributed by atoms with E-state index in [1.54, 1.807) is 7.05 Å². The van der Waals surface area contributed by atoms with Crippen LogP contribution in [0.15, 0.2) is 10.4 Å². The largest absolute Gasteiger partial charge is 0.434 e. The second kappa shape index (κ2) is 9.71. The third kappa shape index (κ3) is 7.17. The van der Waals surface area contributed by atoms with E-state index in [1.165, 1.54) is 0 Å². The SMILES string of the molecule is CCN(CC)CCCNC(=NC)NCc1nc(C(F)(F)F)cs1. The fourth-order valence-electron chi connectivity index (χ4n) is 1.95. The van der Waals surface area contributed by atoms with E-state index in [2.05, 4.69) is 39.4 Å². The first-order valence-electron chi connectivity index (χ1n) is 7.59. The van der Waals surface area contributed by atoms with Gasteiger partial charge in [-0.25, -0.2) is 4.98 Å². The normalized spacial score (nSPS) is 12.7. The average molecular weight is 351 g/mol. The Bertz CT molecular complexity index is 483. The molecule has 1 rings (SSSR count).